The lowest BCUT2D eigenvalue weighted by molar-refractivity contribution is -0.123. The van der Waals surface area contributed by atoms with E-state index in [-0.39, 0.29) is 29.1 Å². The van der Waals surface area contributed by atoms with E-state index in [1.807, 2.05) is 44.2 Å². The van der Waals surface area contributed by atoms with Crippen molar-refractivity contribution in [1.29, 1.82) is 0 Å². The number of aromatic amines is 1. The molecule has 2 aromatic rings. The van der Waals surface area contributed by atoms with Gasteiger partial charge in [-0.3, -0.25) is 14.4 Å². The Hall–Kier alpha value is -2.89. The van der Waals surface area contributed by atoms with Gasteiger partial charge in [-0.1, -0.05) is 69.4 Å². The molecule has 3 N–H and O–H groups in total. The summed E-state index contributed by atoms with van der Waals surface area (Å²) in [5.74, 6) is -0.349. The summed E-state index contributed by atoms with van der Waals surface area (Å²) in [5, 5.41) is 6.02. The Morgan fingerprint density at radius 3 is 2.46 bits per heavy atom. The van der Waals surface area contributed by atoms with Crippen LogP contribution in [0.1, 0.15) is 115 Å². The average Bonchev–Trinajstić information content (AvgIpc) is 3.18. The molecule has 188 valence electrons. The third kappa shape index (κ3) is 5.52. The summed E-state index contributed by atoms with van der Waals surface area (Å²) in [5.41, 5.74) is 3.79. The van der Waals surface area contributed by atoms with Gasteiger partial charge in [-0.15, -0.1) is 0 Å². The molecule has 0 saturated heterocycles. The molecule has 4 rings (SSSR count). The van der Waals surface area contributed by atoms with E-state index in [1.165, 1.54) is 19.3 Å². The molecule has 0 bridgehead atoms. The molecule has 1 aromatic heterocycles. The van der Waals surface area contributed by atoms with Crippen molar-refractivity contribution >= 4 is 17.6 Å². The minimum absolute atomic E-state index is 0.0461. The fraction of sp³-hybridized carbons (Fsp3) is 0.552. The minimum Gasteiger partial charge on any atom is -0.354 e. The maximum Gasteiger partial charge on any atom is 0.268 e. The van der Waals surface area contributed by atoms with Gasteiger partial charge in [0.05, 0.1) is 6.04 Å². The van der Waals surface area contributed by atoms with Gasteiger partial charge in [0.2, 0.25) is 5.91 Å². The number of H-pyrrole nitrogens is 1. The first-order valence-corrected chi connectivity index (χ1v) is 13.2. The van der Waals surface area contributed by atoms with E-state index in [2.05, 4.69) is 22.5 Å². The van der Waals surface area contributed by atoms with Crippen LogP contribution in [0.4, 0.5) is 0 Å². The van der Waals surface area contributed by atoms with Crippen molar-refractivity contribution in [3.05, 3.63) is 58.4 Å². The molecule has 1 spiro atoms. The number of nitrogens with one attached hydrogen (secondary N) is 3. The highest BCUT2D eigenvalue weighted by atomic mass is 16.2. The van der Waals surface area contributed by atoms with Crippen LogP contribution >= 0.6 is 0 Å². The standard InChI is InChI=1S/C29H39N3O3/c1-4-5-14-22(27(34)30-20(3)21-12-8-6-9-13-21)32-28(35)26-19(2)25-23(31-26)17-29(18-24(25)33)15-10-7-11-16-29/h6,8-9,12-13,20,22,31H,4-5,7,10-11,14-18H2,1-3H3,(H,30,34)(H,32,35)/t20-,22?/m0/s1. The lowest BCUT2D eigenvalue weighted by atomic mass is 9.64. The van der Waals surface area contributed by atoms with Gasteiger partial charge in [0, 0.05) is 17.7 Å². The molecule has 0 radical (unpaired) electrons. The summed E-state index contributed by atoms with van der Waals surface area (Å²) in [6.07, 6.45) is 9.49. The molecule has 6 nitrogen and oxygen atoms in total. The van der Waals surface area contributed by atoms with Crippen molar-refractivity contribution in [2.24, 2.45) is 5.41 Å². The fourth-order valence-electron chi connectivity index (χ4n) is 5.96. The fourth-order valence-corrected chi connectivity index (χ4v) is 5.96. The summed E-state index contributed by atoms with van der Waals surface area (Å²) >= 11 is 0. The number of hydrogen-bond donors (Lipinski definition) is 3. The Morgan fingerprint density at radius 1 is 1.06 bits per heavy atom. The predicted octanol–water partition coefficient (Wildman–Crippen LogP) is 5.57. The SMILES string of the molecule is CCCCC(NC(=O)c1[nH]c2c(c1C)C(=O)CC1(CCCCC1)C2)C(=O)N[C@@H](C)c1ccccc1. The van der Waals surface area contributed by atoms with Crippen molar-refractivity contribution in [3.8, 4) is 0 Å². The third-order valence-corrected chi connectivity index (χ3v) is 7.96. The third-order valence-electron chi connectivity index (χ3n) is 7.96. The lowest BCUT2D eigenvalue weighted by Gasteiger charge is -2.39. The van der Waals surface area contributed by atoms with Crippen molar-refractivity contribution in [2.75, 3.05) is 0 Å². The molecular weight excluding hydrogens is 438 g/mol. The summed E-state index contributed by atoms with van der Waals surface area (Å²) in [6.45, 7) is 5.86. The van der Waals surface area contributed by atoms with E-state index in [4.69, 9.17) is 0 Å². The van der Waals surface area contributed by atoms with Crippen molar-refractivity contribution in [1.82, 2.24) is 15.6 Å². The van der Waals surface area contributed by atoms with Crippen LogP contribution in [-0.4, -0.2) is 28.6 Å². The van der Waals surface area contributed by atoms with E-state index in [0.29, 0.717) is 29.7 Å². The molecule has 1 unspecified atom stereocenters. The zero-order valence-electron chi connectivity index (χ0n) is 21.3. The van der Waals surface area contributed by atoms with Gasteiger partial charge in [0.1, 0.15) is 11.7 Å². The first-order chi connectivity index (χ1) is 16.8. The molecule has 0 aliphatic heterocycles. The maximum absolute atomic E-state index is 13.4. The molecular formula is C29H39N3O3. The molecule has 2 aliphatic rings. The van der Waals surface area contributed by atoms with Crippen LogP contribution in [0.25, 0.3) is 0 Å². The zero-order chi connectivity index (χ0) is 25.0. The van der Waals surface area contributed by atoms with Crippen LogP contribution in [0.5, 0.6) is 0 Å². The van der Waals surface area contributed by atoms with Gasteiger partial charge in [-0.05, 0) is 56.1 Å². The second-order valence-electron chi connectivity index (χ2n) is 10.6. The number of ketones is 1. The number of carbonyl (C=O) groups is 3. The molecule has 1 fully saturated rings. The Bertz CT molecular complexity index is 1070. The monoisotopic (exact) mass is 477 g/mol. The first-order valence-electron chi connectivity index (χ1n) is 13.2. The van der Waals surface area contributed by atoms with Crippen LogP contribution in [0.2, 0.25) is 0 Å². The van der Waals surface area contributed by atoms with Gasteiger partial charge in [0.15, 0.2) is 5.78 Å². The highest BCUT2D eigenvalue weighted by Gasteiger charge is 2.41. The molecule has 1 saturated carbocycles. The average molecular weight is 478 g/mol. The number of Topliss-reactive ketones (excluding diaryl/α,β-unsaturated/α-hetero) is 1. The molecule has 2 aliphatic carbocycles. The summed E-state index contributed by atoms with van der Waals surface area (Å²) in [6, 6.07) is 9.01. The van der Waals surface area contributed by atoms with Crippen molar-refractivity contribution < 1.29 is 14.4 Å². The summed E-state index contributed by atoms with van der Waals surface area (Å²) in [7, 11) is 0. The number of hydrogen-bond acceptors (Lipinski definition) is 3. The summed E-state index contributed by atoms with van der Waals surface area (Å²) in [4.78, 5) is 42.9. The second kappa shape index (κ2) is 10.8. The number of unbranched alkanes of at least 4 members (excludes halogenated alkanes) is 1. The smallest absolute Gasteiger partial charge is 0.268 e. The summed E-state index contributed by atoms with van der Waals surface area (Å²) < 4.78 is 0. The largest absolute Gasteiger partial charge is 0.354 e. The molecule has 1 heterocycles. The van der Waals surface area contributed by atoms with E-state index >= 15 is 0 Å². The van der Waals surface area contributed by atoms with Crippen LogP contribution in [0.3, 0.4) is 0 Å². The zero-order valence-corrected chi connectivity index (χ0v) is 21.3. The van der Waals surface area contributed by atoms with E-state index in [0.717, 1.165) is 43.4 Å². The number of fused-ring (bicyclic) bond motifs is 1. The number of rotatable bonds is 8. The Morgan fingerprint density at radius 2 is 1.77 bits per heavy atom. The normalized spacial score (nSPS) is 18.5. The number of carbonyl (C=O) groups excluding carboxylic acids is 3. The van der Waals surface area contributed by atoms with Gasteiger partial charge < -0.3 is 15.6 Å². The maximum atomic E-state index is 13.4. The number of aromatic nitrogens is 1. The Kier molecular flexibility index (Phi) is 7.78. The highest BCUT2D eigenvalue weighted by Crippen LogP contribution is 2.46. The molecule has 2 atom stereocenters. The van der Waals surface area contributed by atoms with Crippen LogP contribution < -0.4 is 10.6 Å². The minimum atomic E-state index is -0.631. The quantitative estimate of drug-likeness (QED) is 0.464. The van der Waals surface area contributed by atoms with Crippen LogP contribution in [0, 0.1) is 12.3 Å². The van der Waals surface area contributed by atoms with Crippen LogP contribution in [-0.2, 0) is 11.2 Å². The number of benzene rings is 1. The second-order valence-corrected chi connectivity index (χ2v) is 10.6. The molecule has 35 heavy (non-hydrogen) atoms. The number of amides is 2. The van der Waals surface area contributed by atoms with Crippen molar-refractivity contribution in [3.63, 3.8) is 0 Å². The van der Waals surface area contributed by atoms with Gasteiger partial charge in [0.25, 0.3) is 5.91 Å². The van der Waals surface area contributed by atoms with Gasteiger partial charge in [-0.2, -0.15) is 0 Å². The Labute approximate surface area is 208 Å². The molecule has 1 aromatic carbocycles. The highest BCUT2D eigenvalue weighted by molar-refractivity contribution is 6.05. The lowest BCUT2D eigenvalue weighted by Crippen LogP contribution is -2.47. The topological polar surface area (TPSA) is 91.1 Å². The molecule has 6 heteroatoms. The van der Waals surface area contributed by atoms with E-state index < -0.39 is 6.04 Å². The predicted molar refractivity (Wildman–Crippen MR) is 137 cm³/mol. The van der Waals surface area contributed by atoms with Gasteiger partial charge in [-0.25, -0.2) is 0 Å². The first kappa shape index (κ1) is 25.2. The molecule has 2 amide bonds. The van der Waals surface area contributed by atoms with Gasteiger partial charge >= 0.3 is 0 Å². The van der Waals surface area contributed by atoms with E-state index in [9.17, 15) is 14.4 Å². The van der Waals surface area contributed by atoms with Crippen molar-refractivity contribution in [2.45, 2.75) is 97.1 Å². The van der Waals surface area contributed by atoms with Crippen LogP contribution in [0.15, 0.2) is 30.3 Å². The Balaban J connectivity index is 1.50. The van der Waals surface area contributed by atoms with E-state index in [1.54, 1.807) is 0 Å².